The Balaban J connectivity index is 1.67. The van der Waals surface area contributed by atoms with Crippen LogP contribution in [0.2, 0.25) is 5.02 Å². The van der Waals surface area contributed by atoms with Crippen molar-refractivity contribution in [2.24, 2.45) is 0 Å². The van der Waals surface area contributed by atoms with Gasteiger partial charge in [-0.1, -0.05) is 96.2 Å². The molecule has 140 valence electrons. The largest absolute Gasteiger partial charge is 0.298 e. The van der Waals surface area contributed by atoms with Gasteiger partial charge in [-0.25, -0.2) is 0 Å². The number of benzene rings is 3. The Morgan fingerprint density at radius 1 is 0.750 bits per heavy atom. The van der Waals surface area contributed by atoms with Crippen LogP contribution in [0.25, 0.3) is 9.81 Å². The highest BCUT2D eigenvalue weighted by molar-refractivity contribution is 8.17. The van der Waals surface area contributed by atoms with Gasteiger partial charge in [0.2, 0.25) is 0 Å². The minimum Gasteiger partial charge on any atom is -0.298 e. The average molecular weight is 424 g/mol. The molecule has 0 amide bonds. The Labute approximate surface area is 174 Å². The van der Waals surface area contributed by atoms with Crippen LogP contribution >= 0.6 is 30.7 Å². The van der Waals surface area contributed by atoms with Crippen molar-refractivity contribution in [2.75, 3.05) is 0 Å². The smallest absolute Gasteiger partial charge is 0.193 e. The summed E-state index contributed by atoms with van der Waals surface area (Å²) in [5, 5.41) is 3.98. The highest BCUT2D eigenvalue weighted by atomic mass is 35.5. The monoisotopic (exact) mass is 423 g/mol. The second-order valence-electron chi connectivity index (χ2n) is 6.49. The van der Waals surface area contributed by atoms with Gasteiger partial charge in [-0.2, -0.15) is 0 Å². The first-order valence-corrected chi connectivity index (χ1v) is 12.0. The van der Waals surface area contributed by atoms with E-state index < -0.39 is 7.29 Å². The van der Waals surface area contributed by atoms with Crippen LogP contribution in [-0.2, 0) is 11.1 Å². The van der Waals surface area contributed by atoms with Gasteiger partial charge in [0, 0.05) is 33.0 Å². The summed E-state index contributed by atoms with van der Waals surface area (Å²) in [6.07, 6.45) is 0. The van der Waals surface area contributed by atoms with Crippen molar-refractivity contribution in [1.82, 2.24) is 5.09 Å². The summed E-state index contributed by atoms with van der Waals surface area (Å²) in [5.41, 5.74) is 3.19. The van der Waals surface area contributed by atoms with Crippen LogP contribution in [0.15, 0.2) is 96.6 Å². The fraction of sp³-hybridized carbons (Fsp3) is 0.0435. The van der Waals surface area contributed by atoms with E-state index in [1.165, 1.54) is 0 Å². The Hall–Kier alpha value is -2.03. The Bertz CT molecular complexity index is 1000. The Kier molecular flexibility index (Phi) is 5.89. The third-order valence-electron chi connectivity index (χ3n) is 4.40. The highest BCUT2D eigenvalue weighted by Crippen LogP contribution is 2.58. The van der Waals surface area contributed by atoms with Gasteiger partial charge in [-0.15, -0.1) is 0 Å². The van der Waals surface area contributed by atoms with E-state index in [0.717, 1.165) is 26.5 Å². The molecule has 0 unspecified atom stereocenters. The topological polar surface area (TPSA) is 29.1 Å². The third-order valence-corrected chi connectivity index (χ3v) is 8.08. The third kappa shape index (κ3) is 4.68. The van der Waals surface area contributed by atoms with E-state index in [1.54, 1.807) is 11.8 Å². The van der Waals surface area contributed by atoms with E-state index in [1.807, 2.05) is 72.3 Å². The molecule has 0 radical (unpaired) electrons. The summed E-state index contributed by atoms with van der Waals surface area (Å²) in [6, 6.07) is 27.8. The van der Waals surface area contributed by atoms with Gasteiger partial charge in [-0.05, 0) is 28.8 Å². The predicted octanol–water partition coefficient (Wildman–Crippen LogP) is 7.45. The molecule has 0 saturated heterocycles. The molecule has 2 nitrogen and oxygen atoms in total. The zero-order valence-electron chi connectivity index (χ0n) is 15.1. The van der Waals surface area contributed by atoms with E-state index >= 15 is 0 Å². The van der Waals surface area contributed by atoms with Crippen molar-refractivity contribution in [3.63, 3.8) is 0 Å². The van der Waals surface area contributed by atoms with Crippen molar-refractivity contribution in [1.29, 1.82) is 0 Å². The standard InChI is InChI=1S/C23H19ClNOPS/c24-21-13-11-18(12-14-21)15-25-27(26)16-22(19-7-3-1-4-8-19)28-23(17-27)20-9-5-2-6-10-20/h1-14,16-17H,15H2,(H,25,26). The maximum Gasteiger partial charge on any atom is 0.193 e. The fourth-order valence-corrected chi connectivity index (χ4v) is 6.85. The first-order valence-electron chi connectivity index (χ1n) is 8.95. The van der Waals surface area contributed by atoms with Gasteiger partial charge < -0.3 is 0 Å². The molecule has 0 atom stereocenters. The highest BCUT2D eigenvalue weighted by Gasteiger charge is 2.25. The van der Waals surface area contributed by atoms with Crippen LogP contribution in [0.5, 0.6) is 0 Å². The summed E-state index contributed by atoms with van der Waals surface area (Å²) in [4.78, 5) is 2.02. The summed E-state index contributed by atoms with van der Waals surface area (Å²) in [7, 11) is -2.86. The van der Waals surface area contributed by atoms with Crippen molar-refractivity contribution < 1.29 is 4.57 Å². The minimum absolute atomic E-state index is 0.510. The summed E-state index contributed by atoms with van der Waals surface area (Å²) in [6.45, 7) is 0.510. The molecule has 0 saturated carbocycles. The van der Waals surface area contributed by atoms with Gasteiger partial charge >= 0.3 is 0 Å². The molecule has 0 aromatic heterocycles. The maximum atomic E-state index is 13.7. The molecular formula is C23H19ClNOPS. The van der Waals surface area contributed by atoms with Crippen molar-refractivity contribution in [3.8, 4) is 0 Å². The molecule has 3 aromatic rings. The molecular weight excluding hydrogens is 405 g/mol. The molecule has 4 rings (SSSR count). The Morgan fingerprint density at radius 2 is 1.25 bits per heavy atom. The zero-order valence-corrected chi connectivity index (χ0v) is 17.6. The van der Waals surface area contributed by atoms with Gasteiger partial charge in [0.1, 0.15) is 0 Å². The van der Waals surface area contributed by atoms with Gasteiger partial charge in [-0.3, -0.25) is 9.65 Å². The molecule has 5 heteroatoms. The number of hydrogen-bond acceptors (Lipinski definition) is 2. The molecule has 0 spiro atoms. The second-order valence-corrected chi connectivity index (χ2v) is 10.3. The van der Waals surface area contributed by atoms with Gasteiger partial charge in [0.25, 0.3) is 0 Å². The van der Waals surface area contributed by atoms with Crippen LogP contribution in [0.4, 0.5) is 0 Å². The van der Waals surface area contributed by atoms with Gasteiger partial charge in [0.05, 0.1) is 0 Å². The first-order chi connectivity index (χ1) is 13.6. The molecule has 0 aliphatic carbocycles. The lowest BCUT2D eigenvalue weighted by molar-refractivity contribution is 0.577. The lowest BCUT2D eigenvalue weighted by atomic mass is 10.2. The predicted molar refractivity (Wildman–Crippen MR) is 122 cm³/mol. The molecule has 0 fully saturated rings. The fourth-order valence-electron chi connectivity index (χ4n) is 2.94. The second kappa shape index (κ2) is 8.55. The van der Waals surface area contributed by atoms with Gasteiger partial charge in [0.15, 0.2) is 7.29 Å². The molecule has 1 aliphatic rings. The lowest BCUT2D eigenvalue weighted by Gasteiger charge is -2.22. The molecule has 1 aliphatic heterocycles. The van der Waals surface area contributed by atoms with Crippen molar-refractivity contribution in [2.45, 2.75) is 6.54 Å². The zero-order chi connectivity index (χ0) is 19.4. The number of rotatable bonds is 5. The molecule has 3 aromatic carbocycles. The minimum atomic E-state index is -2.86. The van der Waals surface area contributed by atoms with Crippen LogP contribution in [0.3, 0.4) is 0 Å². The van der Waals surface area contributed by atoms with Crippen LogP contribution in [0.1, 0.15) is 16.7 Å². The SMILES string of the molecule is O=P1(NCc2ccc(Cl)cc2)C=C(c2ccccc2)SC(c2ccccc2)=C1. The summed E-state index contributed by atoms with van der Waals surface area (Å²) < 4.78 is 13.7. The average Bonchev–Trinajstić information content (AvgIpc) is 2.74. The van der Waals surface area contributed by atoms with Crippen LogP contribution in [-0.4, -0.2) is 0 Å². The number of hydrogen-bond donors (Lipinski definition) is 1. The lowest BCUT2D eigenvalue weighted by Crippen LogP contribution is -2.09. The normalized spacial score (nSPS) is 15.6. The van der Waals surface area contributed by atoms with Crippen molar-refractivity contribution >= 4 is 40.5 Å². The van der Waals surface area contributed by atoms with Crippen LogP contribution < -0.4 is 5.09 Å². The quantitative estimate of drug-likeness (QED) is 0.432. The molecule has 1 N–H and O–H groups in total. The molecule has 1 heterocycles. The van der Waals surface area contributed by atoms with Crippen LogP contribution in [0, 0.1) is 0 Å². The number of nitrogens with one attached hydrogen (secondary N) is 1. The van der Waals surface area contributed by atoms with E-state index in [9.17, 15) is 4.57 Å². The maximum absolute atomic E-state index is 13.7. The van der Waals surface area contributed by atoms with E-state index in [4.69, 9.17) is 11.6 Å². The summed E-state index contributed by atoms with van der Waals surface area (Å²) >= 11 is 7.62. The summed E-state index contributed by atoms with van der Waals surface area (Å²) in [5.74, 6) is 3.77. The number of halogens is 1. The molecule has 0 bridgehead atoms. The Morgan fingerprint density at radius 3 is 1.75 bits per heavy atom. The molecule has 28 heavy (non-hydrogen) atoms. The number of thioether (sulfide) groups is 1. The van der Waals surface area contributed by atoms with Crippen molar-refractivity contribution in [3.05, 3.63) is 118 Å². The van der Waals surface area contributed by atoms with E-state index in [0.29, 0.717) is 11.6 Å². The first kappa shape index (κ1) is 19.3. The van der Waals surface area contributed by atoms with E-state index in [2.05, 4.69) is 29.4 Å². The van der Waals surface area contributed by atoms with E-state index in [-0.39, 0.29) is 0 Å².